The number of hydrogen-bond acceptors (Lipinski definition) is 5. The summed E-state index contributed by atoms with van der Waals surface area (Å²) < 4.78 is 13.5. The third kappa shape index (κ3) is 5.48. The summed E-state index contributed by atoms with van der Waals surface area (Å²) in [7, 11) is 1.62. The fraction of sp³-hybridized carbons (Fsp3) is 0.333. The highest BCUT2D eigenvalue weighted by atomic mass is 16.5. The summed E-state index contributed by atoms with van der Waals surface area (Å²) in [4.78, 5) is 18.9. The molecule has 2 heterocycles. The highest BCUT2D eigenvalue weighted by molar-refractivity contribution is 5.92. The van der Waals surface area contributed by atoms with Crippen molar-refractivity contribution < 1.29 is 19.4 Å². The first-order chi connectivity index (χ1) is 16.5. The van der Waals surface area contributed by atoms with E-state index >= 15 is 0 Å². The number of imidazole rings is 1. The average Bonchev–Trinajstić information content (AvgIpc) is 3.29. The van der Waals surface area contributed by atoms with Crippen molar-refractivity contribution in [1.82, 2.24) is 14.5 Å². The van der Waals surface area contributed by atoms with Crippen molar-refractivity contribution in [2.45, 2.75) is 38.8 Å². The maximum Gasteiger partial charge on any atom is 0.246 e. The first kappa shape index (κ1) is 23.6. The van der Waals surface area contributed by atoms with Gasteiger partial charge >= 0.3 is 0 Å². The van der Waals surface area contributed by atoms with Crippen molar-refractivity contribution in [2.75, 3.05) is 20.3 Å². The third-order valence-corrected chi connectivity index (χ3v) is 6.10. The lowest BCUT2D eigenvalue weighted by atomic mass is 9.99. The minimum Gasteiger partial charge on any atom is -0.495 e. The SMILES string of the molecule is COc1cc(/C=C/C(=O)N2CC[C@H](Oc3ccc(C)cc3)C[C@H]2CO)ccc1-n1cnc(C)c1. The summed E-state index contributed by atoms with van der Waals surface area (Å²) in [5.74, 6) is 1.38. The van der Waals surface area contributed by atoms with Gasteiger partial charge in [0.15, 0.2) is 0 Å². The lowest BCUT2D eigenvalue weighted by Gasteiger charge is -2.38. The minimum absolute atomic E-state index is 0.0310. The highest BCUT2D eigenvalue weighted by Crippen LogP contribution is 2.26. The topological polar surface area (TPSA) is 76.8 Å². The molecule has 0 unspecified atom stereocenters. The van der Waals surface area contributed by atoms with Crippen LogP contribution in [0.3, 0.4) is 0 Å². The predicted octanol–water partition coefficient (Wildman–Crippen LogP) is 3.94. The second-order valence-electron chi connectivity index (χ2n) is 8.63. The van der Waals surface area contributed by atoms with Crippen LogP contribution in [0.5, 0.6) is 11.5 Å². The van der Waals surface area contributed by atoms with Crippen LogP contribution < -0.4 is 9.47 Å². The normalized spacial score (nSPS) is 18.3. The molecule has 1 N–H and O–H groups in total. The van der Waals surface area contributed by atoms with E-state index < -0.39 is 0 Å². The number of aryl methyl sites for hydroxylation is 2. The zero-order chi connectivity index (χ0) is 24.1. The van der Waals surface area contributed by atoms with E-state index in [9.17, 15) is 9.90 Å². The number of likely N-dealkylation sites (tertiary alicyclic amines) is 1. The molecule has 0 aliphatic carbocycles. The molecule has 0 bridgehead atoms. The maximum absolute atomic E-state index is 12.9. The zero-order valence-electron chi connectivity index (χ0n) is 19.8. The van der Waals surface area contributed by atoms with E-state index in [0.717, 1.165) is 29.1 Å². The van der Waals surface area contributed by atoms with Crippen molar-refractivity contribution in [2.24, 2.45) is 0 Å². The van der Waals surface area contributed by atoms with Crippen LogP contribution in [0.1, 0.15) is 29.7 Å². The number of aliphatic hydroxyl groups excluding tert-OH is 1. The van der Waals surface area contributed by atoms with Crippen LogP contribution in [-0.2, 0) is 4.79 Å². The number of nitrogens with zero attached hydrogens (tertiary/aromatic N) is 3. The number of hydrogen-bond donors (Lipinski definition) is 1. The van der Waals surface area contributed by atoms with Gasteiger partial charge in [0, 0.05) is 31.7 Å². The van der Waals surface area contributed by atoms with Gasteiger partial charge in [0.05, 0.1) is 37.5 Å². The molecule has 1 aliphatic heterocycles. The second-order valence-corrected chi connectivity index (χ2v) is 8.63. The van der Waals surface area contributed by atoms with Crippen LogP contribution in [0.25, 0.3) is 11.8 Å². The fourth-order valence-corrected chi connectivity index (χ4v) is 4.22. The van der Waals surface area contributed by atoms with Gasteiger partial charge in [-0.1, -0.05) is 23.8 Å². The smallest absolute Gasteiger partial charge is 0.246 e. The molecule has 7 nitrogen and oxygen atoms in total. The Morgan fingerprint density at radius 3 is 2.68 bits per heavy atom. The largest absolute Gasteiger partial charge is 0.495 e. The molecule has 4 rings (SSSR count). The molecule has 1 amide bonds. The van der Waals surface area contributed by atoms with Gasteiger partial charge in [0.1, 0.15) is 17.6 Å². The number of benzene rings is 2. The van der Waals surface area contributed by atoms with Gasteiger partial charge in [0.2, 0.25) is 5.91 Å². The van der Waals surface area contributed by atoms with Crippen molar-refractivity contribution >= 4 is 12.0 Å². The minimum atomic E-state index is -0.275. The van der Waals surface area contributed by atoms with Crippen LogP contribution in [0, 0.1) is 13.8 Å². The molecule has 2 aromatic carbocycles. The number of carbonyl (C=O) groups excluding carboxylic acids is 1. The molecule has 0 spiro atoms. The third-order valence-electron chi connectivity index (χ3n) is 6.10. The lowest BCUT2D eigenvalue weighted by Crippen LogP contribution is -2.50. The first-order valence-corrected chi connectivity index (χ1v) is 11.5. The van der Waals surface area contributed by atoms with Gasteiger partial charge in [-0.25, -0.2) is 4.98 Å². The van der Waals surface area contributed by atoms with Gasteiger partial charge in [-0.15, -0.1) is 0 Å². The van der Waals surface area contributed by atoms with Gasteiger partial charge in [0.25, 0.3) is 0 Å². The predicted molar refractivity (Wildman–Crippen MR) is 131 cm³/mol. The van der Waals surface area contributed by atoms with E-state index in [1.54, 1.807) is 30.5 Å². The number of carbonyl (C=O) groups is 1. The van der Waals surface area contributed by atoms with E-state index in [4.69, 9.17) is 9.47 Å². The molecule has 1 saturated heterocycles. The number of aliphatic hydroxyl groups is 1. The summed E-state index contributed by atoms with van der Waals surface area (Å²) in [5, 5.41) is 9.93. The molecule has 2 atom stereocenters. The molecule has 0 radical (unpaired) electrons. The van der Waals surface area contributed by atoms with Crippen LogP contribution in [-0.4, -0.2) is 57.9 Å². The summed E-state index contributed by atoms with van der Waals surface area (Å²) in [6.45, 7) is 4.41. The van der Waals surface area contributed by atoms with E-state index in [2.05, 4.69) is 4.98 Å². The Labute approximate surface area is 200 Å². The standard InChI is InChI=1S/C27H31N3O4/c1-19-4-8-23(9-5-19)34-24-12-13-30(22(15-24)17-31)27(32)11-7-21-6-10-25(26(14-21)33-3)29-16-20(2)28-18-29/h4-11,14,16,18,22,24,31H,12-13,15,17H2,1-3H3/b11-7+/t22-,24-/m0/s1. The van der Waals surface area contributed by atoms with Crippen LogP contribution in [0.4, 0.5) is 0 Å². The van der Waals surface area contributed by atoms with E-state index in [1.165, 1.54) is 5.56 Å². The molecule has 3 aromatic rings. The Morgan fingerprint density at radius 1 is 1.21 bits per heavy atom. The number of amides is 1. The van der Waals surface area contributed by atoms with Gasteiger partial charge in [-0.3, -0.25) is 4.79 Å². The Morgan fingerprint density at radius 2 is 2.00 bits per heavy atom. The summed E-state index contributed by atoms with van der Waals surface area (Å²) in [6.07, 6.45) is 8.28. The van der Waals surface area contributed by atoms with E-state index in [1.807, 2.05) is 67.1 Å². The van der Waals surface area contributed by atoms with Gasteiger partial charge < -0.3 is 24.0 Å². The molecular formula is C27H31N3O4. The molecule has 0 saturated carbocycles. The Balaban J connectivity index is 1.40. The van der Waals surface area contributed by atoms with E-state index in [-0.39, 0.29) is 24.7 Å². The van der Waals surface area contributed by atoms with Gasteiger partial charge in [-0.05, 0) is 49.8 Å². The van der Waals surface area contributed by atoms with Crippen molar-refractivity contribution in [3.05, 3.63) is 77.9 Å². The van der Waals surface area contributed by atoms with Gasteiger partial charge in [-0.2, -0.15) is 0 Å². The van der Waals surface area contributed by atoms with E-state index in [0.29, 0.717) is 18.7 Å². The molecule has 7 heteroatoms. The lowest BCUT2D eigenvalue weighted by molar-refractivity contribution is -0.132. The molecule has 34 heavy (non-hydrogen) atoms. The summed E-state index contributed by atoms with van der Waals surface area (Å²) in [6, 6.07) is 13.4. The zero-order valence-corrected chi connectivity index (χ0v) is 19.8. The number of piperidine rings is 1. The van der Waals surface area contributed by atoms with Crippen molar-refractivity contribution in [1.29, 1.82) is 0 Å². The highest BCUT2D eigenvalue weighted by Gasteiger charge is 2.31. The summed E-state index contributed by atoms with van der Waals surface area (Å²) >= 11 is 0. The second kappa shape index (κ2) is 10.6. The van der Waals surface area contributed by atoms with Crippen LogP contribution in [0.15, 0.2) is 61.1 Å². The Hall–Kier alpha value is -3.58. The molecular weight excluding hydrogens is 430 g/mol. The fourth-order valence-electron chi connectivity index (χ4n) is 4.22. The maximum atomic E-state index is 12.9. The molecule has 1 aromatic heterocycles. The summed E-state index contributed by atoms with van der Waals surface area (Å²) in [5.41, 5.74) is 3.83. The number of ether oxygens (including phenoxy) is 2. The number of rotatable bonds is 7. The quantitative estimate of drug-likeness (QED) is 0.540. The van der Waals surface area contributed by atoms with Crippen molar-refractivity contribution in [3.63, 3.8) is 0 Å². The van der Waals surface area contributed by atoms with Crippen LogP contribution in [0.2, 0.25) is 0 Å². The first-order valence-electron chi connectivity index (χ1n) is 11.5. The molecule has 1 fully saturated rings. The number of methoxy groups -OCH3 is 1. The van der Waals surface area contributed by atoms with Crippen molar-refractivity contribution in [3.8, 4) is 17.2 Å². The Kier molecular flexibility index (Phi) is 7.33. The van der Waals surface area contributed by atoms with Crippen LogP contribution >= 0.6 is 0 Å². The molecule has 178 valence electrons. The average molecular weight is 462 g/mol. The Bertz CT molecular complexity index is 1150. The number of aromatic nitrogens is 2. The monoisotopic (exact) mass is 461 g/mol. The molecule has 1 aliphatic rings.